The Morgan fingerprint density at radius 3 is 2.02 bits per heavy atom. The van der Waals surface area contributed by atoms with E-state index in [0.29, 0.717) is 0 Å². The second-order valence-corrected chi connectivity index (χ2v) is 17.3. The van der Waals surface area contributed by atoms with Gasteiger partial charge < -0.3 is 14.2 Å². The van der Waals surface area contributed by atoms with Gasteiger partial charge in [-0.3, -0.25) is 0 Å². The van der Waals surface area contributed by atoms with Gasteiger partial charge in [-0.2, -0.15) is 0 Å². The number of fused-ring (bicyclic) bond motifs is 13. The Kier molecular flexibility index (Phi) is 7.86. The largest absolute Gasteiger partial charge is 0.457 e. The zero-order valence-electron chi connectivity index (χ0n) is 35.1. The lowest BCUT2D eigenvalue weighted by Gasteiger charge is -2.45. The van der Waals surface area contributed by atoms with E-state index in [1.165, 1.54) is 60.5 Å². The molecule has 0 amide bonds. The molecule has 1 aliphatic carbocycles. The molecule has 8 aromatic carbocycles. The molecule has 9 aromatic rings. The highest BCUT2D eigenvalue weighted by molar-refractivity contribution is 5.94. The lowest BCUT2D eigenvalue weighted by atomic mass is 9.62. The van der Waals surface area contributed by atoms with Crippen molar-refractivity contribution < 1.29 is 4.74 Å². The summed E-state index contributed by atoms with van der Waals surface area (Å²) in [6.07, 6.45) is 4.09. The first kappa shape index (κ1) is 36.2. The van der Waals surface area contributed by atoms with Gasteiger partial charge in [-0.05, 0) is 88.3 Å². The molecule has 0 radical (unpaired) electrons. The molecule has 296 valence electrons. The van der Waals surface area contributed by atoms with Crippen LogP contribution in [0.2, 0.25) is 0 Å². The SMILES string of the molecule is C=C/C=c1\c2n(c3ccccc13)-c1ccccc1C1(C=2C)c2ccccc2Oc2cc(N(c3ccc4c(c3)C(C)(C)c3ccccc3-4)c3ccccc3-c3ccccc3)ccc21. The highest BCUT2D eigenvalue weighted by Gasteiger charge is 2.49. The third-order valence-electron chi connectivity index (χ3n) is 13.9. The maximum absolute atomic E-state index is 7.15. The number of aromatic nitrogens is 1. The molecule has 1 aromatic heterocycles. The Hall–Kier alpha value is -7.62. The van der Waals surface area contributed by atoms with Gasteiger partial charge in [0, 0.05) is 50.2 Å². The van der Waals surface area contributed by atoms with Gasteiger partial charge in [0.2, 0.25) is 0 Å². The average Bonchev–Trinajstić information content (AvgIpc) is 3.76. The molecule has 1 unspecified atom stereocenters. The van der Waals surface area contributed by atoms with Gasteiger partial charge in [0.25, 0.3) is 0 Å². The molecule has 62 heavy (non-hydrogen) atoms. The van der Waals surface area contributed by atoms with Crippen molar-refractivity contribution >= 4 is 39.6 Å². The third-order valence-corrected chi connectivity index (χ3v) is 13.9. The van der Waals surface area contributed by atoms with E-state index in [1.807, 2.05) is 6.08 Å². The highest BCUT2D eigenvalue weighted by Crippen LogP contribution is 2.59. The first-order valence-corrected chi connectivity index (χ1v) is 21.6. The van der Waals surface area contributed by atoms with Gasteiger partial charge >= 0.3 is 0 Å². The lowest BCUT2D eigenvalue weighted by Crippen LogP contribution is -2.46. The summed E-state index contributed by atoms with van der Waals surface area (Å²) in [4.78, 5) is 2.43. The number of para-hydroxylation sites is 4. The number of nitrogens with zero attached hydrogens (tertiary/aromatic N) is 2. The topological polar surface area (TPSA) is 17.4 Å². The molecule has 0 fully saturated rings. The van der Waals surface area contributed by atoms with Crippen molar-refractivity contribution in [3.63, 3.8) is 0 Å². The summed E-state index contributed by atoms with van der Waals surface area (Å²) in [6, 6.07) is 68.6. The lowest BCUT2D eigenvalue weighted by molar-refractivity contribution is 0.438. The number of allylic oxidation sites excluding steroid dienone is 1. The minimum atomic E-state index is -0.649. The number of anilines is 3. The first-order valence-electron chi connectivity index (χ1n) is 21.6. The van der Waals surface area contributed by atoms with E-state index < -0.39 is 5.41 Å². The summed E-state index contributed by atoms with van der Waals surface area (Å²) in [6.45, 7) is 11.2. The Bertz CT molecular complexity index is 3460. The second-order valence-electron chi connectivity index (χ2n) is 17.3. The Morgan fingerprint density at radius 1 is 0.548 bits per heavy atom. The van der Waals surface area contributed by atoms with Crippen LogP contribution in [-0.2, 0) is 10.8 Å². The fourth-order valence-corrected chi connectivity index (χ4v) is 11.2. The molecule has 3 aliphatic rings. The second kappa shape index (κ2) is 13.4. The molecule has 0 saturated carbocycles. The molecule has 12 rings (SSSR count). The molecule has 0 saturated heterocycles. The molecule has 0 N–H and O–H groups in total. The van der Waals surface area contributed by atoms with Gasteiger partial charge in [-0.25, -0.2) is 0 Å². The fourth-order valence-electron chi connectivity index (χ4n) is 11.2. The smallest absolute Gasteiger partial charge is 0.134 e. The summed E-state index contributed by atoms with van der Waals surface area (Å²) >= 11 is 0. The molecule has 0 bridgehead atoms. The van der Waals surface area contributed by atoms with E-state index in [1.54, 1.807) is 0 Å². The van der Waals surface area contributed by atoms with Crippen molar-refractivity contribution in [2.24, 2.45) is 0 Å². The molecule has 3 heterocycles. The Morgan fingerprint density at radius 2 is 1.18 bits per heavy atom. The summed E-state index contributed by atoms with van der Waals surface area (Å²) in [5, 5.41) is 3.57. The Balaban J connectivity index is 1.15. The van der Waals surface area contributed by atoms with Gasteiger partial charge in [0.15, 0.2) is 0 Å². The highest BCUT2D eigenvalue weighted by atomic mass is 16.5. The van der Waals surface area contributed by atoms with Gasteiger partial charge in [0.1, 0.15) is 11.5 Å². The summed E-state index contributed by atoms with van der Waals surface area (Å²) in [5.41, 5.74) is 17.1. The predicted molar refractivity (Wildman–Crippen MR) is 257 cm³/mol. The van der Waals surface area contributed by atoms with E-state index in [9.17, 15) is 0 Å². The van der Waals surface area contributed by atoms with Crippen LogP contribution in [0.15, 0.2) is 201 Å². The van der Waals surface area contributed by atoms with Crippen molar-refractivity contribution in [3.8, 4) is 39.4 Å². The third kappa shape index (κ3) is 4.88. The summed E-state index contributed by atoms with van der Waals surface area (Å²) in [5.74, 6) is 1.70. The van der Waals surface area contributed by atoms with Crippen molar-refractivity contribution in [2.45, 2.75) is 31.6 Å². The van der Waals surface area contributed by atoms with Crippen LogP contribution in [0.1, 0.15) is 48.6 Å². The number of hydrogen-bond donors (Lipinski definition) is 0. The number of rotatable bonds is 5. The van der Waals surface area contributed by atoms with Crippen molar-refractivity contribution in [3.05, 3.63) is 239 Å². The van der Waals surface area contributed by atoms with Crippen LogP contribution in [0, 0.1) is 0 Å². The van der Waals surface area contributed by atoms with Gasteiger partial charge in [-0.15, -0.1) is 0 Å². The minimum absolute atomic E-state index is 0.159. The van der Waals surface area contributed by atoms with E-state index >= 15 is 0 Å². The maximum Gasteiger partial charge on any atom is 0.134 e. The van der Waals surface area contributed by atoms with Crippen molar-refractivity contribution in [1.82, 2.24) is 4.57 Å². The number of hydrogen-bond acceptors (Lipinski definition) is 2. The van der Waals surface area contributed by atoms with Crippen LogP contribution >= 0.6 is 0 Å². The van der Waals surface area contributed by atoms with Crippen LogP contribution in [0.3, 0.4) is 0 Å². The van der Waals surface area contributed by atoms with Crippen molar-refractivity contribution in [2.75, 3.05) is 4.90 Å². The van der Waals surface area contributed by atoms with Crippen LogP contribution in [-0.4, -0.2) is 4.57 Å². The van der Waals surface area contributed by atoms with Crippen LogP contribution < -0.4 is 20.2 Å². The molecule has 3 nitrogen and oxygen atoms in total. The van der Waals surface area contributed by atoms with Gasteiger partial charge in [0.05, 0.1) is 27.7 Å². The average molecular weight is 797 g/mol. The zero-order chi connectivity index (χ0) is 41.7. The molecule has 3 heteroatoms. The fraction of sp³-hybridized carbons (Fsp3) is 0.0847. The van der Waals surface area contributed by atoms with E-state index in [-0.39, 0.29) is 5.41 Å². The van der Waals surface area contributed by atoms with E-state index in [4.69, 9.17) is 4.74 Å². The molecule has 2 aliphatic heterocycles. The van der Waals surface area contributed by atoms with E-state index in [2.05, 4.69) is 231 Å². The van der Waals surface area contributed by atoms with E-state index in [0.717, 1.165) is 50.8 Å². The standard InChI is InChI=1S/C59H44N2O/c1-5-19-46-45-24-11-16-29-53(45)61-54-30-17-13-26-48(54)59(38(2)57(46)61)49-27-14-18-31-55(49)62-56-37-41(33-35-50(56)59)60(52-28-15-10-22-42(52)39-20-7-6-8-21-39)40-32-34-44-43-23-9-12-25-47(43)58(3,4)51(44)36-40/h5-37H,1H2,2-4H3/b46-19-. The first-order chi connectivity index (χ1) is 30.4. The van der Waals surface area contributed by atoms with Crippen LogP contribution in [0.5, 0.6) is 11.5 Å². The van der Waals surface area contributed by atoms with Crippen LogP contribution in [0.4, 0.5) is 17.1 Å². The summed E-state index contributed by atoms with van der Waals surface area (Å²) < 4.78 is 9.61. The molecule has 1 atom stereocenters. The molecular weight excluding hydrogens is 753 g/mol. The molecular formula is C59H44N2O. The predicted octanol–water partition coefficient (Wildman–Crippen LogP) is 13.7. The number of benzene rings is 8. The monoisotopic (exact) mass is 796 g/mol. The van der Waals surface area contributed by atoms with Crippen molar-refractivity contribution in [1.29, 1.82) is 0 Å². The summed E-state index contributed by atoms with van der Waals surface area (Å²) in [7, 11) is 0. The maximum atomic E-state index is 7.15. The minimum Gasteiger partial charge on any atom is -0.457 e. The van der Waals surface area contributed by atoms with Gasteiger partial charge in [-0.1, -0.05) is 172 Å². The van der Waals surface area contributed by atoms with Crippen LogP contribution in [0.25, 0.3) is 50.5 Å². The number of ether oxygens (including phenoxy) is 1. The zero-order valence-corrected chi connectivity index (χ0v) is 35.1. The Labute approximate surface area is 362 Å². The molecule has 1 spiro atoms. The quantitative estimate of drug-likeness (QED) is 0.173. The normalized spacial score (nSPS) is 16.4.